The van der Waals surface area contributed by atoms with Gasteiger partial charge >= 0.3 is 0 Å². The highest BCUT2D eigenvalue weighted by atomic mass is 16.3. The van der Waals surface area contributed by atoms with Gasteiger partial charge in [0.2, 0.25) is 0 Å². The van der Waals surface area contributed by atoms with E-state index >= 15 is 0 Å². The van der Waals surface area contributed by atoms with E-state index in [9.17, 15) is 5.11 Å². The first-order chi connectivity index (χ1) is 6.15. The van der Waals surface area contributed by atoms with Gasteiger partial charge in [0.1, 0.15) is 0 Å². The van der Waals surface area contributed by atoms with Crippen LogP contribution in [-0.4, -0.2) is 11.7 Å². The van der Waals surface area contributed by atoms with Gasteiger partial charge in [0.25, 0.3) is 0 Å². The molecule has 0 fully saturated rings. The Balaban J connectivity index is 2.86. The first-order valence-corrected chi connectivity index (χ1v) is 4.61. The van der Waals surface area contributed by atoms with Gasteiger partial charge in [-0.1, -0.05) is 26.0 Å². The van der Waals surface area contributed by atoms with E-state index in [1.54, 1.807) is 0 Å². The summed E-state index contributed by atoms with van der Waals surface area (Å²) in [5.41, 5.74) is 7.51. The molecule has 2 nitrogen and oxygen atoms in total. The second-order valence-electron chi connectivity index (χ2n) is 3.70. The van der Waals surface area contributed by atoms with Crippen LogP contribution in [0.2, 0.25) is 0 Å². The molecule has 0 aromatic heterocycles. The number of aliphatic hydroxyl groups is 1. The van der Waals surface area contributed by atoms with Crippen molar-refractivity contribution in [2.24, 2.45) is 5.92 Å². The molecule has 0 bridgehead atoms. The lowest BCUT2D eigenvalue weighted by Gasteiger charge is -2.18. The average Bonchev–Trinajstić information content (AvgIpc) is 2.09. The molecule has 0 aliphatic rings. The van der Waals surface area contributed by atoms with Crippen LogP contribution in [0.25, 0.3) is 0 Å². The Morgan fingerprint density at radius 1 is 1.23 bits per heavy atom. The van der Waals surface area contributed by atoms with E-state index in [0.29, 0.717) is 5.92 Å². The average molecular weight is 179 g/mol. The minimum atomic E-state index is 0.196. The van der Waals surface area contributed by atoms with Crippen LogP contribution in [0.5, 0.6) is 0 Å². The highest BCUT2D eigenvalue weighted by Crippen LogP contribution is 2.24. The Bertz CT molecular complexity index is 253. The van der Waals surface area contributed by atoms with E-state index in [4.69, 9.17) is 5.73 Å². The summed E-state index contributed by atoms with van der Waals surface area (Å²) in [4.78, 5) is 0. The summed E-state index contributed by atoms with van der Waals surface area (Å²) in [7, 11) is 0. The Morgan fingerprint density at radius 2 is 1.77 bits per heavy atom. The first kappa shape index (κ1) is 10.1. The molecule has 0 radical (unpaired) electrons. The van der Waals surface area contributed by atoms with Gasteiger partial charge < -0.3 is 10.8 Å². The van der Waals surface area contributed by atoms with Crippen molar-refractivity contribution < 1.29 is 5.11 Å². The monoisotopic (exact) mass is 179 g/mol. The summed E-state index contributed by atoms with van der Waals surface area (Å²) in [5.74, 6) is 0.675. The molecule has 1 rings (SSSR count). The molecule has 72 valence electrons. The van der Waals surface area contributed by atoms with Gasteiger partial charge in [-0.05, 0) is 23.6 Å². The molecule has 1 aromatic carbocycles. The van der Waals surface area contributed by atoms with Crippen molar-refractivity contribution >= 4 is 5.69 Å². The molecule has 1 atom stereocenters. The zero-order valence-corrected chi connectivity index (χ0v) is 8.20. The van der Waals surface area contributed by atoms with E-state index < -0.39 is 0 Å². The number of benzene rings is 1. The van der Waals surface area contributed by atoms with Crippen LogP contribution in [0.1, 0.15) is 25.3 Å². The van der Waals surface area contributed by atoms with E-state index in [-0.39, 0.29) is 12.5 Å². The predicted octanol–water partition coefficient (Wildman–Crippen LogP) is 2.00. The van der Waals surface area contributed by atoms with Crippen LogP contribution < -0.4 is 5.73 Å². The predicted molar refractivity (Wildman–Crippen MR) is 55.5 cm³/mol. The molecule has 2 heteroatoms. The fourth-order valence-electron chi connectivity index (χ4n) is 1.44. The van der Waals surface area contributed by atoms with Crippen molar-refractivity contribution in [3.05, 3.63) is 29.8 Å². The third kappa shape index (κ3) is 2.46. The van der Waals surface area contributed by atoms with Crippen LogP contribution in [0, 0.1) is 5.92 Å². The van der Waals surface area contributed by atoms with Crippen LogP contribution in [0.3, 0.4) is 0 Å². The van der Waals surface area contributed by atoms with E-state index in [1.807, 2.05) is 24.3 Å². The van der Waals surface area contributed by atoms with Crippen molar-refractivity contribution in [3.63, 3.8) is 0 Å². The Kier molecular flexibility index (Phi) is 3.32. The number of aliphatic hydroxyl groups excluding tert-OH is 1. The van der Waals surface area contributed by atoms with Gasteiger partial charge in [-0.3, -0.25) is 0 Å². The standard InChI is InChI=1S/C11H17NO/c1-8(2)11(7-13)9-3-5-10(12)6-4-9/h3-6,8,11,13H,7,12H2,1-2H3/t11-/m1/s1. The normalized spacial score (nSPS) is 13.2. The number of anilines is 1. The van der Waals surface area contributed by atoms with Gasteiger partial charge in [0, 0.05) is 11.6 Å². The van der Waals surface area contributed by atoms with Crippen LogP contribution >= 0.6 is 0 Å². The van der Waals surface area contributed by atoms with Crippen LogP contribution in [0.4, 0.5) is 5.69 Å². The lowest BCUT2D eigenvalue weighted by atomic mass is 9.89. The summed E-state index contributed by atoms with van der Waals surface area (Å²) in [5, 5.41) is 9.19. The molecule has 3 N–H and O–H groups in total. The Hall–Kier alpha value is -1.02. The summed E-state index contributed by atoms with van der Waals surface area (Å²) in [6, 6.07) is 7.72. The van der Waals surface area contributed by atoms with E-state index in [2.05, 4.69) is 13.8 Å². The lowest BCUT2D eigenvalue weighted by molar-refractivity contribution is 0.237. The van der Waals surface area contributed by atoms with Crippen molar-refractivity contribution in [1.82, 2.24) is 0 Å². The maximum absolute atomic E-state index is 9.19. The smallest absolute Gasteiger partial charge is 0.0502 e. The van der Waals surface area contributed by atoms with Gasteiger partial charge in [0.15, 0.2) is 0 Å². The molecular weight excluding hydrogens is 162 g/mol. The number of nitrogens with two attached hydrogens (primary N) is 1. The number of rotatable bonds is 3. The molecule has 0 amide bonds. The topological polar surface area (TPSA) is 46.2 Å². The molecule has 0 heterocycles. The van der Waals surface area contributed by atoms with Crippen molar-refractivity contribution in [3.8, 4) is 0 Å². The lowest BCUT2D eigenvalue weighted by Crippen LogP contribution is -2.11. The van der Waals surface area contributed by atoms with Crippen LogP contribution in [0.15, 0.2) is 24.3 Å². The Labute approximate surface area is 79.4 Å². The Morgan fingerprint density at radius 3 is 2.15 bits per heavy atom. The fourth-order valence-corrected chi connectivity index (χ4v) is 1.44. The first-order valence-electron chi connectivity index (χ1n) is 4.61. The summed E-state index contributed by atoms with van der Waals surface area (Å²) in [6.07, 6.45) is 0. The zero-order chi connectivity index (χ0) is 9.84. The van der Waals surface area contributed by atoms with Gasteiger partial charge in [-0.2, -0.15) is 0 Å². The highest BCUT2D eigenvalue weighted by Gasteiger charge is 2.13. The molecule has 13 heavy (non-hydrogen) atoms. The van der Waals surface area contributed by atoms with Gasteiger partial charge in [-0.25, -0.2) is 0 Å². The number of hydrogen-bond donors (Lipinski definition) is 2. The molecule has 0 saturated heterocycles. The summed E-state index contributed by atoms with van der Waals surface area (Å²) in [6.45, 7) is 4.41. The van der Waals surface area contributed by atoms with Gasteiger partial charge in [-0.15, -0.1) is 0 Å². The van der Waals surface area contributed by atoms with Crippen molar-refractivity contribution in [2.45, 2.75) is 19.8 Å². The minimum Gasteiger partial charge on any atom is -0.399 e. The molecule has 0 aliphatic heterocycles. The molecule has 0 unspecified atom stereocenters. The summed E-state index contributed by atoms with van der Waals surface area (Å²) >= 11 is 0. The minimum absolute atomic E-state index is 0.196. The third-order valence-corrected chi connectivity index (χ3v) is 2.37. The third-order valence-electron chi connectivity index (χ3n) is 2.37. The highest BCUT2D eigenvalue weighted by molar-refractivity contribution is 5.40. The van der Waals surface area contributed by atoms with Crippen molar-refractivity contribution in [2.75, 3.05) is 12.3 Å². The maximum Gasteiger partial charge on any atom is 0.0502 e. The van der Waals surface area contributed by atoms with Crippen LogP contribution in [-0.2, 0) is 0 Å². The maximum atomic E-state index is 9.19. The molecular formula is C11H17NO. The second kappa shape index (κ2) is 4.28. The largest absolute Gasteiger partial charge is 0.399 e. The molecule has 0 saturated carbocycles. The summed E-state index contributed by atoms with van der Waals surface area (Å²) < 4.78 is 0. The molecule has 1 aromatic rings. The van der Waals surface area contributed by atoms with E-state index in [1.165, 1.54) is 0 Å². The molecule has 0 aliphatic carbocycles. The fraction of sp³-hybridized carbons (Fsp3) is 0.455. The SMILES string of the molecule is CC(C)[C@@H](CO)c1ccc(N)cc1. The molecule has 0 spiro atoms. The number of nitrogen functional groups attached to an aromatic ring is 1. The number of hydrogen-bond acceptors (Lipinski definition) is 2. The van der Waals surface area contributed by atoms with E-state index in [0.717, 1.165) is 11.3 Å². The zero-order valence-electron chi connectivity index (χ0n) is 8.20. The second-order valence-corrected chi connectivity index (χ2v) is 3.70. The van der Waals surface area contributed by atoms with Gasteiger partial charge in [0.05, 0.1) is 6.61 Å². The quantitative estimate of drug-likeness (QED) is 0.697. The van der Waals surface area contributed by atoms with Crippen molar-refractivity contribution in [1.29, 1.82) is 0 Å².